The molecule has 2 aromatic rings. The van der Waals surface area contributed by atoms with E-state index in [-0.39, 0.29) is 6.61 Å². The fourth-order valence-corrected chi connectivity index (χ4v) is 2.02. The van der Waals surface area contributed by atoms with E-state index >= 15 is 0 Å². The normalized spacial score (nSPS) is 11.1. The van der Waals surface area contributed by atoms with Crippen LogP contribution in [-0.4, -0.2) is 14.7 Å². The van der Waals surface area contributed by atoms with Crippen molar-refractivity contribution in [2.24, 2.45) is 0 Å². The summed E-state index contributed by atoms with van der Waals surface area (Å²) in [7, 11) is 0. The van der Waals surface area contributed by atoms with Gasteiger partial charge in [0.15, 0.2) is 0 Å². The zero-order valence-electron chi connectivity index (χ0n) is 9.69. The summed E-state index contributed by atoms with van der Waals surface area (Å²) < 4.78 is 2.13. The Hall–Kier alpha value is -1.35. The number of aryl methyl sites for hydroxylation is 1. The maximum atomic E-state index is 9.29. The van der Waals surface area contributed by atoms with Crippen LogP contribution in [0.5, 0.6) is 0 Å². The molecule has 86 valence electrons. The fraction of sp³-hybridized carbons (Fsp3) is 0.462. The maximum Gasteiger partial charge on any atom is 0.135 e. The fourth-order valence-electron chi connectivity index (χ4n) is 2.02. The van der Waals surface area contributed by atoms with Crippen LogP contribution in [0.1, 0.15) is 32.0 Å². The number of hydrogen-bond acceptors (Lipinski definition) is 2. The predicted octanol–water partition coefficient (Wildman–Crippen LogP) is 2.72. The van der Waals surface area contributed by atoms with Gasteiger partial charge in [-0.2, -0.15) is 0 Å². The Labute approximate surface area is 95.7 Å². The lowest BCUT2D eigenvalue weighted by Gasteiger charge is -2.06. The van der Waals surface area contributed by atoms with E-state index in [9.17, 15) is 5.11 Å². The van der Waals surface area contributed by atoms with Gasteiger partial charge in [-0.25, -0.2) is 4.98 Å². The minimum Gasteiger partial charge on any atom is -0.388 e. The molecule has 1 aromatic carbocycles. The number of hydrogen-bond donors (Lipinski definition) is 1. The predicted molar refractivity (Wildman–Crippen MR) is 65.2 cm³/mol. The van der Waals surface area contributed by atoms with Gasteiger partial charge in [-0.15, -0.1) is 0 Å². The number of unbranched alkanes of at least 4 members (excludes halogenated alkanes) is 2. The van der Waals surface area contributed by atoms with Gasteiger partial charge < -0.3 is 9.67 Å². The van der Waals surface area contributed by atoms with E-state index in [1.165, 1.54) is 12.8 Å². The van der Waals surface area contributed by atoms with Crippen molar-refractivity contribution >= 4 is 11.0 Å². The molecule has 1 N–H and O–H groups in total. The molecule has 0 unspecified atom stereocenters. The Morgan fingerprint density at radius 2 is 2.06 bits per heavy atom. The van der Waals surface area contributed by atoms with Crippen molar-refractivity contribution < 1.29 is 5.11 Å². The van der Waals surface area contributed by atoms with E-state index in [0.29, 0.717) is 0 Å². The second kappa shape index (κ2) is 5.12. The molecule has 0 amide bonds. The maximum absolute atomic E-state index is 9.29. The number of fused-ring (bicyclic) bond motifs is 1. The Bertz CT molecular complexity index is 462. The number of aliphatic hydroxyl groups is 1. The van der Waals surface area contributed by atoms with Crippen LogP contribution in [-0.2, 0) is 13.2 Å². The van der Waals surface area contributed by atoms with E-state index in [0.717, 1.165) is 29.8 Å². The highest BCUT2D eigenvalue weighted by molar-refractivity contribution is 5.75. The molecular formula is C13H18N2O. The van der Waals surface area contributed by atoms with Gasteiger partial charge >= 0.3 is 0 Å². The Morgan fingerprint density at radius 3 is 2.81 bits per heavy atom. The van der Waals surface area contributed by atoms with Crippen LogP contribution in [0.4, 0.5) is 0 Å². The molecule has 0 radical (unpaired) electrons. The van der Waals surface area contributed by atoms with Crippen molar-refractivity contribution in [1.29, 1.82) is 0 Å². The smallest absolute Gasteiger partial charge is 0.135 e. The summed E-state index contributed by atoms with van der Waals surface area (Å²) >= 11 is 0. The SMILES string of the molecule is CCCCCn1c(CO)nc2ccccc21. The van der Waals surface area contributed by atoms with E-state index in [2.05, 4.69) is 22.5 Å². The second-order valence-electron chi connectivity index (χ2n) is 4.03. The molecule has 2 rings (SSSR count). The lowest BCUT2D eigenvalue weighted by molar-refractivity contribution is 0.265. The largest absolute Gasteiger partial charge is 0.388 e. The molecular weight excluding hydrogens is 200 g/mol. The van der Waals surface area contributed by atoms with Gasteiger partial charge in [-0.3, -0.25) is 0 Å². The summed E-state index contributed by atoms with van der Waals surface area (Å²) in [6.07, 6.45) is 3.57. The molecule has 0 aliphatic rings. The molecule has 0 saturated carbocycles. The Morgan fingerprint density at radius 1 is 1.25 bits per heavy atom. The first-order valence-corrected chi connectivity index (χ1v) is 5.91. The molecule has 0 bridgehead atoms. The van der Waals surface area contributed by atoms with Gasteiger partial charge in [0.1, 0.15) is 12.4 Å². The minimum atomic E-state index is 0.0147. The highest BCUT2D eigenvalue weighted by Gasteiger charge is 2.08. The number of nitrogens with zero attached hydrogens (tertiary/aromatic N) is 2. The average molecular weight is 218 g/mol. The molecule has 3 nitrogen and oxygen atoms in total. The standard InChI is InChI=1S/C13H18N2O/c1-2-3-6-9-15-12-8-5-4-7-11(12)14-13(15)10-16/h4-5,7-8,16H,2-3,6,9-10H2,1H3. The van der Waals surface area contributed by atoms with Crippen molar-refractivity contribution in [3.05, 3.63) is 30.1 Å². The lowest BCUT2D eigenvalue weighted by atomic mass is 10.2. The number of aromatic nitrogens is 2. The lowest BCUT2D eigenvalue weighted by Crippen LogP contribution is -2.03. The Balaban J connectivity index is 2.32. The van der Waals surface area contributed by atoms with Crippen molar-refractivity contribution in [3.8, 4) is 0 Å². The highest BCUT2D eigenvalue weighted by atomic mass is 16.3. The molecule has 0 aliphatic carbocycles. The van der Waals surface area contributed by atoms with Gasteiger partial charge in [0.2, 0.25) is 0 Å². The summed E-state index contributed by atoms with van der Waals surface area (Å²) in [5, 5.41) is 9.29. The quantitative estimate of drug-likeness (QED) is 0.783. The molecule has 16 heavy (non-hydrogen) atoms. The minimum absolute atomic E-state index is 0.0147. The van der Waals surface area contributed by atoms with E-state index in [1.807, 2.05) is 18.2 Å². The zero-order chi connectivity index (χ0) is 11.4. The Kier molecular flexibility index (Phi) is 3.57. The third kappa shape index (κ3) is 2.09. The zero-order valence-corrected chi connectivity index (χ0v) is 9.69. The summed E-state index contributed by atoms with van der Waals surface area (Å²) in [5.41, 5.74) is 2.10. The van der Waals surface area contributed by atoms with Crippen LogP contribution >= 0.6 is 0 Å². The molecule has 0 atom stereocenters. The monoisotopic (exact) mass is 218 g/mol. The first kappa shape index (κ1) is 11.1. The highest BCUT2D eigenvalue weighted by Crippen LogP contribution is 2.17. The van der Waals surface area contributed by atoms with Crippen LogP contribution < -0.4 is 0 Å². The summed E-state index contributed by atoms with van der Waals surface area (Å²) in [6.45, 7) is 3.16. The summed E-state index contributed by atoms with van der Waals surface area (Å²) in [6, 6.07) is 8.05. The summed E-state index contributed by atoms with van der Waals surface area (Å²) in [5.74, 6) is 0.775. The van der Waals surface area contributed by atoms with Gasteiger partial charge in [-0.05, 0) is 18.6 Å². The third-order valence-electron chi connectivity index (χ3n) is 2.86. The number of benzene rings is 1. The number of rotatable bonds is 5. The number of imidazole rings is 1. The molecule has 1 aromatic heterocycles. The average Bonchev–Trinajstić information content (AvgIpc) is 2.68. The van der Waals surface area contributed by atoms with Crippen LogP contribution in [0.3, 0.4) is 0 Å². The van der Waals surface area contributed by atoms with Crippen LogP contribution in [0.25, 0.3) is 11.0 Å². The molecule has 0 fully saturated rings. The van der Waals surface area contributed by atoms with Crippen molar-refractivity contribution in [1.82, 2.24) is 9.55 Å². The first-order chi connectivity index (χ1) is 7.86. The molecule has 0 aliphatic heterocycles. The van der Waals surface area contributed by atoms with Gasteiger partial charge in [0, 0.05) is 6.54 Å². The van der Waals surface area contributed by atoms with Crippen LogP contribution in [0.2, 0.25) is 0 Å². The number of para-hydroxylation sites is 2. The van der Waals surface area contributed by atoms with E-state index in [4.69, 9.17) is 0 Å². The van der Waals surface area contributed by atoms with Crippen LogP contribution in [0, 0.1) is 0 Å². The van der Waals surface area contributed by atoms with Crippen molar-refractivity contribution in [3.63, 3.8) is 0 Å². The van der Waals surface area contributed by atoms with Crippen molar-refractivity contribution in [2.75, 3.05) is 0 Å². The van der Waals surface area contributed by atoms with Crippen molar-refractivity contribution in [2.45, 2.75) is 39.3 Å². The third-order valence-corrected chi connectivity index (χ3v) is 2.86. The second-order valence-corrected chi connectivity index (χ2v) is 4.03. The van der Waals surface area contributed by atoms with Gasteiger partial charge in [0.05, 0.1) is 11.0 Å². The molecule has 3 heteroatoms. The van der Waals surface area contributed by atoms with Gasteiger partial charge in [0.25, 0.3) is 0 Å². The summed E-state index contributed by atoms with van der Waals surface area (Å²) in [4.78, 5) is 4.42. The van der Waals surface area contributed by atoms with Crippen LogP contribution in [0.15, 0.2) is 24.3 Å². The molecule has 1 heterocycles. The topological polar surface area (TPSA) is 38.0 Å². The molecule has 0 spiro atoms. The molecule has 0 saturated heterocycles. The number of aliphatic hydroxyl groups excluding tert-OH is 1. The van der Waals surface area contributed by atoms with E-state index < -0.39 is 0 Å². The van der Waals surface area contributed by atoms with E-state index in [1.54, 1.807) is 0 Å². The first-order valence-electron chi connectivity index (χ1n) is 5.91. The van der Waals surface area contributed by atoms with Gasteiger partial charge in [-0.1, -0.05) is 31.9 Å².